The summed E-state index contributed by atoms with van der Waals surface area (Å²) in [6, 6.07) is 1.41. The first-order valence-corrected chi connectivity index (χ1v) is 5.65. The van der Waals surface area contributed by atoms with Crippen LogP contribution in [0.25, 0.3) is 0 Å². The average molecular weight is 226 g/mol. The molecule has 4 heteroatoms. The molecule has 0 radical (unpaired) electrons. The van der Waals surface area contributed by atoms with Crippen LogP contribution in [0, 0.1) is 5.92 Å². The zero-order chi connectivity index (χ0) is 11.5. The SMILES string of the molecule is CC1CCN(c2cnccc2C(F)F)CC1. The number of hydrogen-bond donors (Lipinski definition) is 0. The topological polar surface area (TPSA) is 16.1 Å². The zero-order valence-electron chi connectivity index (χ0n) is 9.37. The van der Waals surface area contributed by atoms with Gasteiger partial charge in [0.25, 0.3) is 6.43 Å². The summed E-state index contributed by atoms with van der Waals surface area (Å²) in [6.07, 6.45) is 2.70. The van der Waals surface area contributed by atoms with Gasteiger partial charge >= 0.3 is 0 Å². The van der Waals surface area contributed by atoms with E-state index in [4.69, 9.17) is 0 Å². The highest BCUT2D eigenvalue weighted by atomic mass is 19.3. The zero-order valence-corrected chi connectivity index (χ0v) is 9.37. The lowest BCUT2D eigenvalue weighted by atomic mass is 9.98. The van der Waals surface area contributed by atoms with Gasteiger partial charge < -0.3 is 4.90 Å². The number of rotatable bonds is 2. The Balaban J connectivity index is 2.19. The number of alkyl halides is 2. The van der Waals surface area contributed by atoms with E-state index in [1.807, 2.05) is 4.90 Å². The third-order valence-corrected chi connectivity index (χ3v) is 3.19. The van der Waals surface area contributed by atoms with Crippen molar-refractivity contribution in [3.05, 3.63) is 24.0 Å². The minimum atomic E-state index is -2.42. The normalized spacial score (nSPS) is 18.1. The fraction of sp³-hybridized carbons (Fsp3) is 0.583. The highest BCUT2D eigenvalue weighted by molar-refractivity contribution is 5.52. The maximum atomic E-state index is 12.8. The van der Waals surface area contributed by atoms with Gasteiger partial charge in [0, 0.05) is 24.8 Å². The maximum absolute atomic E-state index is 12.8. The van der Waals surface area contributed by atoms with Crippen LogP contribution < -0.4 is 4.90 Å². The second-order valence-electron chi connectivity index (χ2n) is 4.40. The molecule has 0 aromatic carbocycles. The van der Waals surface area contributed by atoms with Crippen molar-refractivity contribution in [2.45, 2.75) is 26.2 Å². The standard InChI is InChI=1S/C12H16F2N2/c1-9-3-6-16(7-4-9)11-8-15-5-2-10(11)12(13)14/h2,5,8-9,12H,3-4,6-7H2,1H3. The molecule has 0 bridgehead atoms. The molecule has 0 amide bonds. The van der Waals surface area contributed by atoms with Gasteiger partial charge in [0.1, 0.15) is 0 Å². The highest BCUT2D eigenvalue weighted by Crippen LogP contribution is 2.31. The molecule has 0 unspecified atom stereocenters. The van der Waals surface area contributed by atoms with Crippen molar-refractivity contribution < 1.29 is 8.78 Å². The number of piperidine rings is 1. The molecule has 1 fully saturated rings. The molecular formula is C12H16F2N2. The molecule has 88 valence electrons. The summed E-state index contributed by atoms with van der Waals surface area (Å²) < 4.78 is 25.6. The predicted octanol–water partition coefficient (Wildman–Crippen LogP) is 3.26. The van der Waals surface area contributed by atoms with Crippen LogP contribution in [0.1, 0.15) is 31.8 Å². The number of halogens is 2. The van der Waals surface area contributed by atoms with Gasteiger partial charge in [0.2, 0.25) is 0 Å². The second kappa shape index (κ2) is 4.76. The van der Waals surface area contributed by atoms with Crippen molar-refractivity contribution in [3.8, 4) is 0 Å². The largest absolute Gasteiger partial charge is 0.370 e. The summed E-state index contributed by atoms with van der Waals surface area (Å²) in [6.45, 7) is 3.91. The quantitative estimate of drug-likeness (QED) is 0.769. The van der Waals surface area contributed by atoms with Crippen molar-refractivity contribution in [1.82, 2.24) is 4.98 Å². The van der Waals surface area contributed by atoms with Crippen LogP contribution >= 0.6 is 0 Å². The second-order valence-corrected chi connectivity index (χ2v) is 4.40. The minimum Gasteiger partial charge on any atom is -0.370 e. The highest BCUT2D eigenvalue weighted by Gasteiger charge is 2.21. The average Bonchev–Trinajstić information content (AvgIpc) is 2.30. The molecule has 0 atom stereocenters. The van der Waals surface area contributed by atoms with Gasteiger partial charge in [-0.1, -0.05) is 6.92 Å². The van der Waals surface area contributed by atoms with E-state index >= 15 is 0 Å². The van der Waals surface area contributed by atoms with E-state index in [0.29, 0.717) is 11.6 Å². The molecule has 0 N–H and O–H groups in total. The first kappa shape index (κ1) is 11.3. The van der Waals surface area contributed by atoms with Crippen molar-refractivity contribution in [2.75, 3.05) is 18.0 Å². The molecule has 1 aliphatic rings. The van der Waals surface area contributed by atoms with Crippen LogP contribution in [0.3, 0.4) is 0 Å². The van der Waals surface area contributed by atoms with Gasteiger partial charge in [-0.25, -0.2) is 8.78 Å². The van der Waals surface area contributed by atoms with Crippen LogP contribution in [0.2, 0.25) is 0 Å². The molecule has 0 spiro atoms. The number of nitrogens with zero attached hydrogens (tertiary/aromatic N) is 2. The molecule has 2 rings (SSSR count). The van der Waals surface area contributed by atoms with Crippen LogP contribution in [-0.2, 0) is 0 Å². The summed E-state index contributed by atoms with van der Waals surface area (Å²) in [4.78, 5) is 5.97. The number of anilines is 1. The Hall–Kier alpha value is -1.19. The van der Waals surface area contributed by atoms with Crippen molar-refractivity contribution >= 4 is 5.69 Å². The molecular weight excluding hydrogens is 210 g/mol. The van der Waals surface area contributed by atoms with E-state index in [9.17, 15) is 8.78 Å². The number of aromatic nitrogens is 1. The lowest BCUT2D eigenvalue weighted by Gasteiger charge is -2.33. The van der Waals surface area contributed by atoms with E-state index in [-0.39, 0.29) is 5.56 Å². The molecule has 0 aliphatic carbocycles. The Kier molecular flexibility index (Phi) is 3.36. The van der Waals surface area contributed by atoms with E-state index in [2.05, 4.69) is 11.9 Å². The van der Waals surface area contributed by atoms with Gasteiger partial charge in [-0.05, 0) is 24.8 Å². The van der Waals surface area contributed by atoms with Gasteiger partial charge in [-0.15, -0.1) is 0 Å². The van der Waals surface area contributed by atoms with Crippen molar-refractivity contribution in [3.63, 3.8) is 0 Å². The Morgan fingerprint density at radius 2 is 2.06 bits per heavy atom. The first-order valence-electron chi connectivity index (χ1n) is 5.65. The van der Waals surface area contributed by atoms with Crippen LogP contribution in [-0.4, -0.2) is 18.1 Å². The lowest BCUT2D eigenvalue weighted by Crippen LogP contribution is -2.33. The van der Waals surface area contributed by atoms with E-state index in [0.717, 1.165) is 25.9 Å². The summed E-state index contributed by atoms with van der Waals surface area (Å²) in [5.41, 5.74) is 0.703. The van der Waals surface area contributed by atoms with Crippen LogP contribution in [0.15, 0.2) is 18.5 Å². The van der Waals surface area contributed by atoms with Crippen LogP contribution in [0.5, 0.6) is 0 Å². The fourth-order valence-electron chi connectivity index (χ4n) is 2.10. The summed E-state index contributed by atoms with van der Waals surface area (Å²) in [5.74, 6) is 0.697. The van der Waals surface area contributed by atoms with Gasteiger partial charge in [-0.3, -0.25) is 4.98 Å². The Labute approximate surface area is 94.3 Å². The van der Waals surface area contributed by atoms with Crippen LogP contribution in [0.4, 0.5) is 14.5 Å². The molecule has 1 aromatic rings. The molecule has 1 aliphatic heterocycles. The third kappa shape index (κ3) is 2.31. The summed E-state index contributed by atoms with van der Waals surface area (Å²) in [7, 11) is 0. The maximum Gasteiger partial charge on any atom is 0.265 e. The number of hydrogen-bond acceptors (Lipinski definition) is 2. The summed E-state index contributed by atoms with van der Waals surface area (Å²) >= 11 is 0. The number of pyridine rings is 1. The smallest absolute Gasteiger partial charge is 0.265 e. The molecule has 2 heterocycles. The van der Waals surface area contributed by atoms with E-state index < -0.39 is 6.43 Å². The van der Waals surface area contributed by atoms with Gasteiger partial charge in [0.05, 0.1) is 11.9 Å². The van der Waals surface area contributed by atoms with Crippen molar-refractivity contribution in [2.24, 2.45) is 5.92 Å². The molecule has 0 saturated carbocycles. The van der Waals surface area contributed by atoms with Crippen molar-refractivity contribution in [1.29, 1.82) is 0 Å². The van der Waals surface area contributed by atoms with Gasteiger partial charge in [0.15, 0.2) is 0 Å². The molecule has 2 nitrogen and oxygen atoms in total. The van der Waals surface area contributed by atoms with Gasteiger partial charge in [-0.2, -0.15) is 0 Å². The summed E-state index contributed by atoms with van der Waals surface area (Å²) in [5, 5.41) is 0. The Morgan fingerprint density at radius 3 is 2.69 bits per heavy atom. The van der Waals surface area contributed by atoms with E-state index in [1.165, 1.54) is 12.3 Å². The minimum absolute atomic E-state index is 0.101. The molecule has 1 aromatic heterocycles. The predicted molar refractivity (Wildman–Crippen MR) is 59.8 cm³/mol. The first-order chi connectivity index (χ1) is 7.68. The Morgan fingerprint density at radius 1 is 1.38 bits per heavy atom. The monoisotopic (exact) mass is 226 g/mol. The fourth-order valence-corrected chi connectivity index (χ4v) is 2.10. The third-order valence-electron chi connectivity index (χ3n) is 3.19. The molecule has 16 heavy (non-hydrogen) atoms. The van der Waals surface area contributed by atoms with E-state index in [1.54, 1.807) is 6.20 Å². The molecule has 1 saturated heterocycles. The Bertz CT molecular complexity index is 347. The lowest BCUT2D eigenvalue weighted by molar-refractivity contribution is 0.151.